The van der Waals surface area contributed by atoms with Crippen LogP contribution in [0, 0.1) is 6.92 Å². The topological polar surface area (TPSA) is 38.9 Å². The summed E-state index contributed by atoms with van der Waals surface area (Å²) in [5, 5.41) is 0. The van der Waals surface area contributed by atoms with Crippen LogP contribution in [-0.2, 0) is 6.54 Å². The van der Waals surface area contributed by atoms with E-state index < -0.39 is 0 Å². The summed E-state index contributed by atoms with van der Waals surface area (Å²) < 4.78 is 0. The summed E-state index contributed by atoms with van der Waals surface area (Å²) in [6.07, 6.45) is 1.78. The van der Waals surface area contributed by atoms with Crippen molar-refractivity contribution in [2.45, 2.75) is 23.3 Å². The zero-order valence-corrected chi connectivity index (χ0v) is 10.00. The van der Waals surface area contributed by atoms with E-state index in [0.29, 0.717) is 6.54 Å². The molecule has 0 bridgehead atoms. The predicted molar refractivity (Wildman–Crippen MR) is 67.4 cm³/mol. The van der Waals surface area contributed by atoms with Gasteiger partial charge in [0.15, 0.2) is 0 Å². The summed E-state index contributed by atoms with van der Waals surface area (Å²) in [5.74, 6) is 0. The highest BCUT2D eigenvalue weighted by Gasteiger charge is 2.03. The van der Waals surface area contributed by atoms with Gasteiger partial charge in [0.1, 0.15) is 0 Å². The number of pyridine rings is 1. The molecule has 0 unspecified atom stereocenters. The zero-order valence-electron chi connectivity index (χ0n) is 9.18. The van der Waals surface area contributed by atoms with E-state index in [0.717, 1.165) is 10.6 Å². The Bertz CT molecular complexity index is 483. The summed E-state index contributed by atoms with van der Waals surface area (Å²) in [6, 6.07) is 12.4. The normalized spacial score (nSPS) is 10.4. The van der Waals surface area contributed by atoms with Gasteiger partial charge in [-0.25, -0.2) is 0 Å². The molecule has 1 aromatic heterocycles. The van der Waals surface area contributed by atoms with Gasteiger partial charge in [0.05, 0.1) is 5.69 Å². The molecule has 0 fully saturated rings. The van der Waals surface area contributed by atoms with Crippen molar-refractivity contribution in [2.75, 3.05) is 0 Å². The molecule has 0 amide bonds. The number of benzene rings is 1. The van der Waals surface area contributed by atoms with Gasteiger partial charge >= 0.3 is 0 Å². The van der Waals surface area contributed by atoms with Gasteiger partial charge in [0.25, 0.3) is 0 Å². The minimum atomic E-state index is 0.481. The molecular weight excluding hydrogens is 216 g/mol. The zero-order chi connectivity index (χ0) is 11.4. The Morgan fingerprint density at radius 2 is 2.12 bits per heavy atom. The third-order valence-electron chi connectivity index (χ3n) is 2.26. The quantitative estimate of drug-likeness (QED) is 0.881. The highest BCUT2D eigenvalue weighted by molar-refractivity contribution is 7.99. The molecule has 0 aliphatic carbocycles. The van der Waals surface area contributed by atoms with Crippen LogP contribution in [0.15, 0.2) is 52.4 Å². The Morgan fingerprint density at radius 1 is 1.25 bits per heavy atom. The number of nitrogens with two attached hydrogens (primary N) is 1. The molecule has 0 saturated heterocycles. The van der Waals surface area contributed by atoms with E-state index in [-0.39, 0.29) is 0 Å². The first kappa shape index (κ1) is 11.2. The minimum Gasteiger partial charge on any atom is -0.325 e. The van der Waals surface area contributed by atoms with Crippen LogP contribution < -0.4 is 5.73 Å². The third-order valence-corrected chi connectivity index (χ3v) is 3.34. The molecule has 0 radical (unpaired) electrons. The Kier molecular flexibility index (Phi) is 3.59. The second kappa shape index (κ2) is 5.14. The van der Waals surface area contributed by atoms with Crippen molar-refractivity contribution in [2.24, 2.45) is 5.73 Å². The van der Waals surface area contributed by atoms with Gasteiger partial charge < -0.3 is 5.73 Å². The molecule has 0 spiro atoms. The van der Waals surface area contributed by atoms with Crippen LogP contribution in [0.1, 0.15) is 11.3 Å². The van der Waals surface area contributed by atoms with E-state index in [4.69, 9.17) is 5.73 Å². The molecule has 1 aromatic carbocycles. The van der Waals surface area contributed by atoms with Crippen LogP contribution in [0.4, 0.5) is 0 Å². The van der Waals surface area contributed by atoms with Crippen molar-refractivity contribution < 1.29 is 0 Å². The van der Waals surface area contributed by atoms with E-state index in [1.54, 1.807) is 18.0 Å². The molecular formula is C13H14N2S. The lowest BCUT2D eigenvalue weighted by atomic mass is 10.2. The number of rotatable bonds is 3. The molecule has 2 aromatic rings. The highest BCUT2D eigenvalue weighted by Crippen LogP contribution is 2.29. The molecule has 0 aliphatic rings. The van der Waals surface area contributed by atoms with Crippen LogP contribution in [-0.4, -0.2) is 4.98 Å². The van der Waals surface area contributed by atoms with Crippen molar-refractivity contribution in [3.05, 3.63) is 53.9 Å². The predicted octanol–water partition coefficient (Wildman–Crippen LogP) is 3.00. The maximum Gasteiger partial charge on any atom is 0.0678 e. The van der Waals surface area contributed by atoms with E-state index >= 15 is 0 Å². The second-order valence-corrected chi connectivity index (χ2v) is 4.69. The van der Waals surface area contributed by atoms with Crippen LogP contribution in [0.3, 0.4) is 0 Å². The fourth-order valence-electron chi connectivity index (χ4n) is 1.48. The maximum atomic E-state index is 5.66. The number of hydrogen-bond acceptors (Lipinski definition) is 3. The summed E-state index contributed by atoms with van der Waals surface area (Å²) in [5.41, 5.74) is 7.88. The van der Waals surface area contributed by atoms with Gasteiger partial charge in [0.2, 0.25) is 0 Å². The molecule has 2 N–H and O–H groups in total. The lowest BCUT2D eigenvalue weighted by Crippen LogP contribution is -2.00. The van der Waals surface area contributed by atoms with Gasteiger partial charge in [0, 0.05) is 22.5 Å². The fourth-order valence-corrected chi connectivity index (χ4v) is 2.52. The van der Waals surface area contributed by atoms with E-state index in [1.807, 2.05) is 6.07 Å². The first-order valence-corrected chi connectivity index (χ1v) is 6.00. The van der Waals surface area contributed by atoms with E-state index in [1.165, 1.54) is 10.5 Å². The lowest BCUT2D eigenvalue weighted by Gasteiger charge is -2.06. The highest BCUT2D eigenvalue weighted by atomic mass is 32.2. The van der Waals surface area contributed by atoms with Gasteiger partial charge in [-0.3, -0.25) is 4.98 Å². The Labute approximate surface area is 99.9 Å². The second-order valence-electron chi connectivity index (χ2n) is 3.57. The van der Waals surface area contributed by atoms with E-state index in [2.05, 4.69) is 42.2 Å². The molecule has 0 aliphatic heterocycles. The number of aromatic nitrogens is 1. The molecule has 16 heavy (non-hydrogen) atoms. The molecule has 3 heteroatoms. The Balaban J connectivity index is 2.26. The molecule has 2 nitrogen and oxygen atoms in total. The van der Waals surface area contributed by atoms with Crippen molar-refractivity contribution in [1.82, 2.24) is 4.98 Å². The Hall–Kier alpha value is -1.32. The van der Waals surface area contributed by atoms with Crippen molar-refractivity contribution in [3.63, 3.8) is 0 Å². The van der Waals surface area contributed by atoms with Crippen LogP contribution in [0.5, 0.6) is 0 Å². The Morgan fingerprint density at radius 3 is 2.88 bits per heavy atom. The minimum absolute atomic E-state index is 0.481. The third kappa shape index (κ3) is 2.62. The monoisotopic (exact) mass is 230 g/mol. The SMILES string of the molecule is Cc1cccc(Sc2cccnc2CN)c1. The number of hydrogen-bond donors (Lipinski definition) is 1. The number of nitrogens with zero attached hydrogens (tertiary/aromatic N) is 1. The summed E-state index contributed by atoms with van der Waals surface area (Å²) >= 11 is 1.71. The smallest absolute Gasteiger partial charge is 0.0678 e. The first-order valence-electron chi connectivity index (χ1n) is 5.18. The molecule has 0 atom stereocenters. The van der Waals surface area contributed by atoms with Gasteiger partial charge in [-0.2, -0.15) is 0 Å². The van der Waals surface area contributed by atoms with E-state index in [9.17, 15) is 0 Å². The maximum absolute atomic E-state index is 5.66. The largest absolute Gasteiger partial charge is 0.325 e. The van der Waals surface area contributed by atoms with Crippen LogP contribution in [0.2, 0.25) is 0 Å². The lowest BCUT2D eigenvalue weighted by molar-refractivity contribution is 0.943. The fraction of sp³-hybridized carbons (Fsp3) is 0.154. The van der Waals surface area contributed by atoms with Gasteiger partial charge in [-0.15, -0.1) is 0 Å². The van der Waals surface area contributed by atoms with Crippen molar-refractivity contribution in [1.29, 1.82) is 0 Å². The molecule has 1 heterocycles. The van der Waals surface area contributed by atoms with Crippen LogP contribution in [0.25, 0.3) is 0 Å². The standard InChI is InChI=1S/C13H14N2S/c1-10-4-2-5-11(8-10)16-13-6-3-7-15-12(13)9-14/h2-8H,9,14H2,1H3. The summed E-state index contributed by atoms with van der Waals surface area (Å²) in [4.78, 5) is 6.63. The van der Waals surface area contributed by atoms with Crippen molar-refractivity contribution in [3.8, 4) is 0 Å². The average molecular weight is 230 g/mol. The van der Waals surface area contributed by atoms with Crippen LogP contribution >= 0.6 is 11.8 Å². The number of aryl methyl sites for hydroxylation is 1. The molecule has 2 rings (SSSR count). The summed E-state index contributed by atoms with van der Waals surface area (Å²) in [6.45, 7) is 2.58. The average Bonchev–Trinajstić information content (AvgIpc) is 2.30. The summed E-state index contributed by atoms with van der Waals surface area (Å²) in [7, 11) is 0. The van der Waals surface area contributed by atoms with Crippen molar-refractivity contribution >= 4 is 11.8 Å². The molecule has 0 saturated carbocycles. The molecule has 82 valence electrons. The first-order chi connectivity index (χ1) is 7.79. The van der Waals surface area contributed by atoms with Gasteiger partial charge in [-0.05, 0) is 31.2 Å². The van der Waals surface area contributed by atoms with Gasteiger partial charge in [-0.1, -0.05) is 29.5 Å².